The molecule has 1 N–H and O–H groups in total. The molecule has 0 aliphatic rings. The maximum Gasteiger partial charge on any atom is 0.250 e. The van der Waals surface area contributed by atoms with Gasteiger partial charge in [0.05, 0.1) is 11.8 Å². The van der Waals surface area contributed by atoms with Crippen LogP contribution in [0.25, 0.3) is 0 Å². The average molecular weight is 308 g/mol. The highest BCUT2D eigenvalue weighted by Gasteiger charge is 2.13. The third kappa shape index (κ3) is 4.40. The first kappa shape index (κ1) is 14.1. The number of ether oxygens (including phenoxy) is 1. The molecule has 0 unspecified atom stereocenters. The van der Waals surface area contributed by atoms with Gasteiger partial charge in [-0.15, -0.1) is 0 Å². The Balaban J connectivity index is 2.72. The Morgan fingerprint density at radius 2 is 2.12 bits per heavy atom. The van der Waals surface area contributed by atoms with E-state index < -0.39 is 17.5 Å². The Labute approximate surface area is 106 Å². The topological polar surface area (TPSA) is 38.3 Å². The second-order valence-corrected chi connectivity index (χ2v) is 4.51. The summed E-state index contributed by atoms with van der Waals surface area (Å²) in [6, 6.07) is 1.77. The fourth-order valence-corrected chi connectivity index (χ4v) is 1.59. The molecule has 0 aliphatic carbocycles. The van der Waals surface area contributed by atoms with E-state index in [9.17, 15) is 13.6 Å². The SMILES string of the molecule is CC(C)OCC(=O)Nc1c(F)cc(F)cc1Br. The smallest absolute Gasteiger partial charge is 0.250 e. The van der Waals surface area contributed by atoms with Crippen molar-refractivity contribution in [1.82, 2.24) is 0 Å². The highest BCUT2D eigenvalue weighted by atomic mass is 79.9. The Bertz CT molecular complexity index is 401. The molecule has 0 aliphatic heterocycles. The van der Waals surface area contributed by atoms with E-state index >= 15 is 0 Å². The predicted octanol–water partition coefficient (Wildman–Crippen LogP) is 3.09. The first-order valence-corrected chi connectivity index (χ1v) is 5.75. The molecule has 1 aromatic carbocycles. The van der Waals surface area contributed by atoms with Crippen molar-refractivity contribution in [3.8, 4) is 0 Å². The second kappa shape index (κ2) is 6.07. The Kier molecular flexibility index (Phi) is 5.02. The van der Waals surface area contributed by atoms with E-state index in [-0.39, 0.29) is 22.9 Å². The van der Waals surface area contributed by atoms with Gasteiger partial charge in [-0.2, -0.15) is 0 Å². The zero-order valence-electron chi connectivity index (χ0n) is 9.39. The summed E-state index contributed by atoms with van der Waals surface area (Å²) in [5, 5.41) is 2.31. The molecule has 0 aromatic heterocycles. The van der Waals surface area contributed by atoms with Gasteiger partial charge in [-0.25, -0.2) is 8.78 Å². The molecule has 17 heavy (non-hydrogen) atoms. The van der Waals surface area contributed by atoms with Crippen LogP contribution in [-0.2, 0) is 9.53 Å². The summed E-state index contributed by atoms with van der Waals surface area (Å²) in [6.07, 6.45) is -0.0951. The number of benzene rings is 1. The zero-order valence-corrected chi connectivity index (χ0v) is 11.0. The summed E-state index contributed by atoms with van der Waals surface area (Å²) in [5.41, 5.74) is -0.0937. The quantitative estimate of drug-likeness (QED) is 0.928. The second-order valence-electron chi connectivity index (χ2n) is 3.65. The zero-order chi connectivity index (χ0) is 13.0. The van der Waals surface area contributed by atoms with Crippen LogP contribution in [0, 0.1) is 11.6 Å². The van der Waals surface area contributed by atoms with Gasteiger partial charge in [0, 0.05) is 10.5 Å². The lowest BCUT2D eigenvalue weighted by Crippen LogP contribution is -2.21. The van der Waals surface area contributed by atoms with E-state index in [1.54, 1.807) is 13.8 Å². The van der Waals surface area contributed by atoms with E-state index in [1.807, 2.05) is 0 Å². The van der Waals surface area contributed by atoms with Crippen molar-refractivity contribution < 1.29 is 18.3 Å². The molecule has 0 bridgehead atoms. The molecule has 94 valence electrons. The monoisotopic (exact) mass is 307 g/mol. The number of anilines is 1. The van der Waals surface area contributed by atoms with E-state index in [0.717, 1.165) is 6.07 Å². The average Bonchev–Trinajstić information content (AvgIpc) is 2.20. The van der Waals surface area contributed by atoms with Crippen LogP contribution in [-0.4, -0.2) is 18.6 Å². The third-order valence-electron chi connectivity index (χ3n) is 1.82. The molecule has 0 atom stereocenters. The standard InChI is InChI=1S/C11H12BrF2NO2/c1-6(2)17-5-10(16)15-11-8(12)3-7(13)4-9(11)14/h3-4,6H,5H2,1-2H3,(H,15,16). The van der Waals surface area contributed by atoms with Crippen molar-refractivity contribution in [2.24, 2.45) is 0 Å². The van der Waals surface area contributed by atoms with Gasteiger partial charge in [-0.05, 0) is 35.8 Å². The van der Waals surface area contributed by atoms with Crippen molar-refractivity contribution in [2.75, 3.05) is 11.9 Å². The summed E-state index contributed by atoms with van der Waals surface area (Å²) in [7, 11) is 0. The van der Waals surface area contributed by atoms with Gasteiger partial charge in [0.15, 0.2) is 5.82 Å². The molecule has 0 saturated heterocycles. The summed E-state index contributed by atoms with van der Waals surface area (Å²) in [4.78, 5) is 11.4. The largest absolute Gasteiger partial charge is 0.369 e. The number of nitrogens with one attached hydrogen (secondary N) is 1. The van der Waals surface area contributed by atoms with Crippen LogP contribution in [0.5, 0.6) is 0 Å². The summed E-state index contributed by atoms with van der Waals surface area (Å²) < 4.78 is 31.3. The van der Waals surface area contributed by atoms with Crippen LogP contribution in [0.15, 0.2) is 16.6 Å². The first-order valence-electron chi connectivity index (χ1n) is 4.96. The molecule has 0 saturated carbocycles. The van der Waals surface area contributed by atoms with Gasteiger partial charge in [-0.1, -0.05) is 0 Å². The molecule has 0 fully saturated rings. The molecule has 1 rings (SSSR count). The number of carbonyl (C=O) groups excluding carboxylic acids is 1. The summed E-state index contributed by atoms with van der Waals surface area (Å²) in [6.45, 7) is 3.38. The van der Waals surface area contributed by atoms with Crippen molar-refractivity contribution in [3.05, 3.63) is 28.2 Å². The minimum Gasteiger partial charge on any atom is -0.369 e. The highest BCUT2D eigenvalue weighted by Crippen LogP contribution is 2.26. The van der Waals surface area contributed by atoms with Gasteiger partial charge < -0.3 is 10.1 Å². The molecule has 1 amide bonds. The van der Waals surface area contributed by atoms with Crippen LogP contribution >= 0.6 is 15.9 Å². The van der Waals surface area contributed by atoms with E-state index in [2.05, 4.69) is 21.2 Å². The lowest BCUT2D eigenvalue weighted by Gasteiger charge is -2.10. The molecule has 0 radical (unpaired) electrons. The molecule has 3 nitrogen and oxygen atoms in total. The lowest BCUT2D eigenvalue weighted by molar-refractivity contribution is -0.121. The fraction of sp³-hybridized carbons (Fsp3) is 0.364. The predicted molar refractivity (Wildman–Crippen MR) is 63.8 cm³/mol. The number of amides is 1. The van der Waals surface area contributed by atoms with Crippen LogP contribution < -0.4 is 5.32 Å². The number of rotatable bonds is 4. The van der Waals surface area contributed by atoms with E-state index in [4.69, 9.17) is 4.74 Å². The van der Waals surface area contributed by atoms with Crippen LogP contribution in [0.4, 0.5) is 14.5 Å². The summed E-state index contributed by atoms with van der Waals surface area (Å²) in [5.74, 6) is -2.05. The first-order chi connectivity index (χ1) is 7.90. The molecular formula is C11H12BrF2NO2. The minimum atomic E-state index is -0.838. The van der Waals surface area contributed by atoms with Crippen molar-refractivity contribution in [3.63, 3.8) is 0 Å². The van der Waals surface area contributed by atoms with Gasteiger partial charge in [0.25, 0.3) is 0 Å². The Morgan fingerprint density at radius 1 is 1.47 bits per heavy atom. The number of hydrogen-bond donors (Lipinski definition) is 1. The lowest BCUT2D eigenvalue weighted by atomic mass is 10.3. The van der Waals surface area contributed by atoms with Gasteiger partial charge >= 0.3 is 0 Å². The molecular weight excluding hydrogens is 296 g/mol. The van der Waals surface area contributed by atoms with Crippen LogP contribution in [0.1, 0.15) is 13.8 Å². The number of carbonyl (C=O) groups is 1. The maximum atomic E-state index is 13.3. The van der Waals surface area contributed by atoms with Crippen molar-refractivity contribution in [2.45, 2.75) is 20.0 Å². The fourth-order valence-electron chi connectivity index (χ4n) is 1.08. The molecule has 0 heterocycles. The van der Waals surface area contributed by atoms with Crippen LogP contribution in [0.3, 0.4) is 0 Å². The molecule has 1 aromatic rings. The normalized spacial score (nSPS) is 10.7. The molecule has 0 spiro atoms. The van der Waals surface area contributed by atoms with Crippen LogP contribution in [0.2, 0.25) is 0 Å². The van der Waals surface area contributed by atoms with Gasteiger partial charge in [-0.3, -0.25) is 4.79 Å². The Hall–Kier alpha value is -1.01. The van der Waals surface area contributed by atoms with Gasteiger partial charge in [0.1, 0.15) is 12.4 Å². The number of halogens is 3. The van der Waals surface area contributed by atoms with Crippen molar-refractivity contribution >= 4 is 27.5 Å². The van der Waals surface area contributed by atoms with E-state index in [1.165, 1.54) is 0 Å². The van der Waals surface area contributed by atoms with E-state index in [0.29, 0.717) is 6.07 Å². The number of hydrogen-bond acceptors (Lipinski definition) is 2. The van der Waals surface area contributed by atoms with Gasteiger partial charge in [0.2, 0.25) is 5.91 Å². The maximum absolute atomic E-state index is 13.3. The minimum absolute atomic E-state index is 0.0937. The highest BCUT2D eigenvalue weighted by molar-refractivity contribution is 9.10. The third-order valence-corrected chi connectivity index (χ3v) is 2.44. The molecule has 6 heteroatoms. The Morgan fingerprint density at radius 3 is 2.65 bits per heavy atom. The summed E-state index contributed by atoms with van der Waals surface area (Å²) >= 11 is 2.97. The van der Waals surface area contributed by atoms with Crippen molar-refractivity contribution in [1.29, 1.82) is 0 Å².